The van der Waals surface area contributed by atoms with Gasteiger partial charge in [0.1, 0.15) is 0 Å². The Hall–Kier alpha value is -0.871. The number of anilines is 1. The summed E-state index contributed by atoms with van der Waals surface area (Å²) in [5.74, 6) is -0.406. The fraction of sp³-hybridized carbons (Fsp3) is 0.400. The van der Waals surface area contributed by atoms with E-state index in [0.29, 0.717) is 15.9 Å². The van der Waals surface area contributed by atoms with Crippen LogP contribution < -0.4 is 5.73 Å². The number of rotatable bonds is 2. The van der Waals surface area contributed by atoms with Crippen molar-refractivity contribution in [2.45, 2.75) is 6.92 Å². The molecule has 0 saturated heterocycles. The number of aromatic nitrogens is 2. The predicted octanol–water partition coefficient (Wildman–Crippen LogP) is -0.708. The third-order valence-corrected chi connectivity index (χ3v) is 2.43. The average molecular weight is 220 g/mol. The first-order chi connectivity index (χ1) is 5.24. The quantitative estimate of drug-likeness (QED) is 0.526. The summed E-state index contributed by atoms with van der Waals surface area (Å²) >= 11 is -0.230. The van der Waals surface area contributed by atoms with Crippen LogP contribution in [-0.2, 0) is 4.74 Å². The molecule has 0 aliphatic carbocycles. The molecule has 1 rings (SSSR count). The minimum absolute atomic E-state index is 0.230. The van der Waals surface area contributed by atoms with E-state index < -0.39 is 5.97 Å². The molecule has 1 aromatic heterocycles. The Morgan fingerprint density at radius 2 is 2.45 bits per heavy atom. The van der Waals surface area contributed by atoms with E-state index in [1.165, 1.54) is 0 Å². The third kappa shape index (κ3) is 2.03. The summed E-state index contributed by atoms with van der Waals surface area (Å²) in [6, 6.07) is 0. The van der Waals surface area contributed by atoms with Crippen LogP contribution in [0.3, 0.4) is 0 Å². The fourth-order valence-electron chi connectivity index (χ4n) is 0.510. The molecule has 1 aromatic rings. The van der Waals surface area contributed by atoms with Crippen molar-refractivity contribution in [1.29, 1.82) is 0 Å². The zero-order valence-corrected chi connectivity index (χ0v) is 7.62. The van der Waals surface area contributed by atoms with Gasteiger partial charge in [0.05, 0.1) is 0 Å². The van der Waals surface area contributed by atoms with Crippen molar-refractivity contribution >= 4 is 25.2 Å². The molecule has 2 N–H and O–H groups in total. The molecule has 0 aliphatic rings. The van der Waals surface area contributed by atoms with Crippen molar-refractivity contribution in [3.8, 4) is 0 Å². The van der Waals surface area contributed by atoms with E-state index in [4.69, 9.17) is 10.5 Å². The van der Waals surface area contributed by atoms with Crippen LogP contribution in [0.25, 0.3) is 0 Å². The topological polar surface area (TPSA) is 78.1 Å². The fourth-order valence-corrected chi connectivity index (χ4v) is 1.57. The first kappa shape index (κ1) is 8.23. The van der Waals surface area contributed by atoms with Gasteiger partial charge in [0.2, 0.25) is 0 Å². The van der Waals surface area contributed by atoms with Crippen molar-refractivity contribution in [2.24, 2.45) is 0 Å². The first-order valence-corrected chi connectivity index (χ1v) is 4.71. The standard InChI is InChI=1S/C5H7N3O2Se/c1-2-10-4(9)3-7-8-5(6)11-3/h2H2,1H3,(H2,6,8). The Labute approximate surface area is 69.3 Å². The summed E-state index contributed by atoms with van der Waals surface area (Å²) < 4.78 is 5.45. The second-order valence-corrected chi connectivity index (χ2v) is 3.78. The number of carbonyl (C=O) groups excluding carboxylic acids is 1. The Bertz CT molecular complexity index is 260. The van der Waals surface area contributed by atoms with E-state index in [9.17, 15) is 4.79 Å². The van der Waals surface area contributed by atoms with Gasteiger partial charge in [0.15, 0.2) is 0 Å². The van der Waals surface area contributed by atoms with Crippen LogP contribution in [0, 0.1) is 0 Å². The van der Waals surface area contributed by atoms with Crippen molar-refractivity contribution in [3.63, 3.8) is 0 Å². The van der Waals surface area contributed by atoms with Gasteiger partial charge in [0, 0.05) is 0 Å². The van der Waals surface area contributed by atoms with Crippen LogP contribution in [0.15, 0.2) is 0 Å². The van der Waals surface area contributed by atoms with Gasteiger partial charge in [-0.25, -0.2) is 0 Å². The summed E-state index contributed by atoms with van der Waals surface area (Å²) in [6.45, 7) is 2.10. The van der Waals surface area contributed by atoms with Gasteiger partial charge in [-0.3, -0.25) is 0 Å². The van der Waals surface area contributed by atoms with Crippen molar-refractivity contribution in [1.82, 2.24) is 10.2 Å². The molecule has 6 heteroatoms. The van der Waals surface area contributed by atoms with Crippen LogP contribution in [0.5, 0.6) is 0 Å². The molecule has 0 spiro atoms. The molecule has 11 heavy (non-hydrogen) atoms. The molecule has 0 unspecified atom stereocenters. The second kappa shape index (κ2) is 3.50. The number of carbonyl (C=O) groups is 1. The van der Waals surface area contributed by atoms with E-state index in [1.54, 1.807) is 6.92 Å². The Morgan fingerprint density at radius 3 is 2.91 bits per heavy atom. The zero-order valence-electron chi connectivity index (χ0n) is 5.90. The Kier molecular flexibility index (Phi) is 2.62. The van der Waals surface area contributed by atoms with E-state index in [2.05, 4.69) is 10.2 Å². The number of esters is 1. The number of nitrogens with two attached hydrogens (primary N) is 1. The summed E-state index contributed by atoms with van der Waals surface area (Å²) in [5, 5.41) is 7.10. The minimum atomic E-state index is -0.406. The van der Waals surface area contributed by atoms with E-state index in [0.717, 1.165) is 0 Å². The predicted molar refractivity (Wildman–Crippen MR) is 39.3 cm³/mol. The Balaban J connectivity index is 2.69. The van der Waals surface area contributed by atoms with Gasteiger partial charge in [0.25, 0.3) is 0 Å². The Morgan fingerprint density at radius 1 is 1.73 bits per heavy atom. The van der Waals surface area contributed by atoms with Gasteiger partial charge < -0.3 is 0 Å². The molecule has 0 radical (unpaired) electrons. The van der Waals surface area contributed by atoms with Crippen molar-refractivity contribution < 1.29 is 9.53 Å². The number of nitrogens with zero attached hydrogens (tertiary/aromatic N) is 2. The molecule has 0 bridgehead atoms. The summed E-state index contributed by atoms with van der Waals surface area (Å²) in [5.41, 5.74) is 5.31. The van der Waals surface area contributed by atoms with Gasteiger partial charge in [-0.2, -0.15) is 0 Å². The molecule has 5 nitrogen and oxygen atoms in total. The SMILES string of the molecule is CCOC(=O)c1nnc(N)[se]1. The molecular weight excluding hydrogens is 213 g/mol. The third-order valence-electron chi connectivity index (χ3n) is 0.891. The monoisotopic (exact) mass is 221 g/mol. The first-order valence-electron chi connectivity index (χ1n) is 3.00. The number of hydrogen-bond donors (Lipinski definition) is 1. The summed E-state index contributed by atoms with van der Waals surface area (Å²) in [7, 11) is 0. The molecule has 1 heterocycles. The average Bonchev–Trinajstić information content (AvgIpc) is 2.36. The second-order valence-electron chi connectivity index (χ2n) is 1.67. The van der Waals surface area contributed by atoms with E-state index >= 15 is 0 Å². The van der Waals surface area contributed by atoms with Gasteiger partial charge >= 0.3 is 68.7 Å². The maximum atomic E-state index is 10.9. The number of hydrogen-bond acceptors (Lipinski definition) is 5. The van der Waals surface area contributed by atoms with Crippen LogP contribution in [-0.4, -0.2) is 37.3 Å². The normalized spacial score (nSPS) is 9.55. The molecule has 60 valence electrons. The number of nitrogen functional groups attached to an aromatic ring is 1. The van der Waals surface area contributed by atoms with Crippen LogP contribution in [0.4, 0.5) is 4.69 Å². The maximum absolute atomic E-state index is 10.9. The van der Waals surface area contributed by atoms with Crippen molar-refractivity contribution in [3.05, 3.63) is 4.57 Å². The van der Waals surface area contributed by atoms with Crippen LogP contribution in [0.1, 0.15) is 16.3 Å². The summed E-state index contributed by atoms with van der Waals surface area (Å²) in [4.78, 5) is 10.9. The van der Waals surface area contributed by atoms with E-state index in [-0.39, 0.29) is 14.5 Å². The molecule has 0 atom stereocenters. The summed E-state index contributed by atoms with van der Waals surface area (Å²) in [6.07, 6.45) is 0. The zero-order chi connectivity index (χ0) is 8.27. The van der Waals surface area contributed by atoms with Gasteiger partial charge in [-0.1, -0.05) is 0 Å². The molecule has 0 aliphatic heterocycles. The molecule has 0 fully saturated rings. The van der Waals surface area contributed by atoms with Gasteiger partial charge in [-0.15, -0.1) is 0 Å². The van der Waals surface area contributed by atoms with E-state index in [1.807, 2.05) is 0 Å². The van der Waals surface area contributed by atoms with Crippen molar-refractivity contribution in [2.75, 3.05) is 12.3 Å². The van der Waals surface area contributed by atoms with Crippen LogP contribution in [0.2, 0.25) is 0 Å². The van der Waals surface area contributed by atoms with Gasteiger partial charge in [-0.05, 0) is 0 Å². The molecule has 0 aromatic carbocycles. The molecule has 0 amide bonds. The molecule has 0 saturated carbocycles. The number of ether oxygens (including phenoxy) is 1. The van der Waals surface area contributed by atoms with Crippen LogP contribution >= 0.6 is 0 Å². The molecular formula is C5H7N3O2Se.